The Kier molecular flexibility index (Phi) is 5.39. The molecule has 11 heteroatoms. The number of halogens is 4. The molecule has 1 N–H and O–H groups in total. The largest absolute Gasteiger partial charge is 0.389 e. The van der Waals surface area contributed by atoms with Gasteiger partial charge in [0.05, 0.1) is 18.2 Å². The number of aromatic nitrogens is 2. The van der Waals surface area contributed by atoms with Crippen molar-refractivity contribution >= 4 is 45.1 Å². The maximum atomic E-state index is 13.0. The molecule has 4 heterocycles. The summed E-state index contributed by atoms with van der Waals surface area (Å²) in [4.78, 5) is 37.2. The third kappa shape index (κ3) is 4.25. The molecule has 30 heavy (non-hydrogen) atoms. The van der Waals surface area contributed by atoms with Crippen LogP contribution < -0.4 is 15.1 Å². The molecule has 4 rings (SSSR count). The van der Waals surface area contributed by atoms with Gasteiger partial charge in [-0.15, -0.1) is 0 Å². The van der Waals surface area contributed by atoms with Gasteiger partial charge in [0.15, 0.2) is 11.6 Å². The molecule has 0 aromatic carbocycles. The first-order valence-electron chi connectivity index (χ1n) is 9.29. The topological polar surface area (TPSA) is 78.4 Å². The van der Waals surface area contributed by atoms with Crippen molar-refractivity contribution in [1.29, 1.82) is 0 Å². The molecule has 7 nitrogen and oxygen atoms in total. The molecule has 158 valence electrons. The van der Waals surface area contributed by atoms with Crippen LogP contribution in [0.2, 0.25) is 0 Å². The number of fused-ring (bicyclic) bond motifs is 4. The van der Waals surface area contributed by atoms with Gasteiger partial charge in [0.1, 0.15) is 11.5 Å². The standard InChI is InChI=1S/C19H17BrF3N5O2/c20-11-4-7-24-16(9-11)26-18(30)28-12-5-8-27(10-12)14-2-1-13(25-17(14)28)15(29)3-6-19(21,22)23/h1-2,4,7,9,12H,3,5-6,8,10H2,(H,24,26,30)/t12-/m0/s1. The van der Waals surface area contributed by atoms with Gasteiger partial charge in [-0.2, -0.15) is 13.2 Å². The number of urea groups is 1. The lowest BCUT2D eigenvalue weighted by Crippen LogP contribution is -2.48. The van der Waals surface area contributed by atoms with E-state index in [4.69, 9.17) is 0 Å². The molecule has 0 saturated carbocycles. The zero-order chi connectivity index (χ0) is 21.5. The van der Waals surface area contributed by atoms with E-state index in [1.165, 1.54) is 17.2 Å². The fourth-order valence-corrected chi connectivity index (χ4v) is 3.99. The van der Waals surface area contributed by atoms with Crippen LogP contribution >= 0.6 is 15.9 Å². The number of carbonyl (C=O) groups excluding carboxylic acids is 2. The molecule has 1 fully saturated rings. The predicted octanol–water partition coefficient (Wildman–Crippen LogP) is 4.40. The number of rotatable bonds is 4. The van der Waals surface area contributed by atoms with E-state index in [1.807, 2.05) is 0 Å². The highest BCUT2D eigenvalue weighted by molar-refractivity contribution is 9.10. The number of carbonyl (C=O) groups is 2. The Bertz CT molecular complexity index is 1000. The minimum absolute atomic E-state index is 0.0844. The number of nitrogens with zero attached hydrogens (tertiary/aromatic N) is 4. The van der Waals surface area contributed by atoms with Crippen molar-refractivity contribution in [3.8, 4) is 0 Å². The van der Waals surface area contributed by atoms with Gasteiger partial charge in [0, 0.05) is 30.2 Å². The van der Waals surface area contributed by atoms with E-state index in [-0.39, 0.29) is 17.6 Å². The smallest absolute Gasteiger partial charge is 0.366 e. The number of ketones is 1. The lowest BCUT2D eigenvalue weighted by Gasteiger charge is -2.35. The molecule has 1 saturated heterocycles. The van der Waals surface area contributed by atoms with E-state index in [0.29, 0.717) is 24.5 Å². The Labute approximate surface area is 178 Å². The maximum absolute atomic E-state index is 13.0. The third-order valence-corrected chi connectivity index (χ3v) is 5.54. The minimum atomic E-state index is -4.42. The lowest BCUT2D eigenvalue weighted by molar-refractivity contribution is -0.133. The second-order valence-corrected chi connectivity index (χ2v) is 8.04. The van der Waals surface area contributed by atoms with Gasteiger partial charge < -0.3 is 4.90 Å². The Balaban J connectivity index is 1.62. The Morgan fingerprint density at radius 1 is 1.27 bits per heavy atom. The number of pyridine rings is 2. The molecule has 0 aliphatic carbocycles. The van der Waals surface area contributed by atoms with Crippen molar-refractivity contribution < 1.29 is 22.8 Å². The molecule has 0 spiro atoms. The van der Waals surface area contributed by atoms with Gasteiger partial charge in [-0.3, -0.25) is 15.0 Å². The summed E-state index contributed by atoms with van der Waals surface area (Å²) in [7, 11) is 0. The van der Waals surface area contributed by atoms with Gasteiger partial charge in [0.25, 0.3) is 0 Å². The van der Waals surface area contributed by atoms with Crippen LogP contribution in [-0.2, 0) is 0 Å². The van der Waals surface area contributed by atoms with E-state index < -0.39 is 30.8 Å². The summed E-state index contributed by atoms with van der Waals surface area (Å²) in [5.74, 6) is -0.0973. The number of hydrogen-bond acceptors (Lipinski definition) is 5. The summed E-state index contributed by atoms with van der Waals surface area (Å²) >= 11 is 3.32. The zero-order valence-corrected chi connectivity index (χ0v) is 17.2. The summed E-state index contributed by atoms with van der Waals surface area (Å²) in [6, 6.07) is 5.82. The number of nitrogens with one attached hydrogen (secondary N) is 1. The first kappa shape index (κ1) is 20.6. The fraction of sp³-hybridized carbons (Fsp3) is 0.368. The Morgan fingerprint density at radius 2 is 2.07 bits per heavy atom. The summed E-state index contributed by atoms with van der Waals surface area (Å²) in [6.07, 6.45) is -4.06. The molecule has 2 aromatic heterocycles. The van der Waals surface area contributed by atoms with E-state index in [0.717, 1.165) is 11.0 Å². The van der Waals surface area contributed by atoms with Crippen LogP contribution in [-0.4, -0.2) is 47.1 Å². The van der Waals surface area contributed by atoms with E-state index in [2.05, 4.69) is 36.1 Å². The number of hydrogen-bond donors (Lipinski definition) is 1. The molecule has 1 atom stereocenters. The van der Waals surface area contributed by atoms with Crippen LogP contribution in [0.3, 0.4) is 0 Å². The summed E-state index contributed by atoms with van der Waals surface area (Å²) in [6.45, 7) is 1.34. The average molecular weight is 484 g/mol. The van der Waals surface area contributed by atoms with Crippen molar-refractivity contribution in [2.75, 3.05) is 28.2 Å². The van der Waals surface area contributed by atoms with Gasteiger partial charge in [-0.05, 0) is 30.7 Å². The van der Waals surface area contributed by atoms with Crippen LogP contribution in [0.15, 0.2) is 34.9 Å². The number of amides is 2. The maximum Gasteiger partial charge on any atom is 0.389 e. The summed E-state index contributed by atoms with van der Waals surface area (Å²) in [5, 5.41) is 2.72. The fourth-order valence-electron chi connectivity index (χ4n) is 3.65. The average Bonchev–Trinajstić information content (AvgIpc) is 3.09. The van der Waals surface area contributed by atoms with Crippen molar-refractivity contribution in [2.45, 2.75) is 31.5 Å². The second-order valence-electron chi connectivity index (χ2n) is 7.13. The van der Waals surface area contributed by atoms with Gasteiger partial charge in [-0.1, -0.05) is 15.9 Å². The van der Waals surface area contributed by atoms with Gasteiger partial charge in [0.2, 0.25) is 0 Å². The monoisotopic (exact) mass is 483 g/mol. The lowest BCUT2D eigenvalue weighted by atomic mass is 10.1. The first-order chi connectivity index (χ1) is 14.2. The van der Waals surface area contributed by atoms with Gasteiger partial charge >= 0.3 is 12.2 Å². The molecule has 0 radical (unpaired) electrons. The molecular formula is C19H17BrF3N5O2. The number of Topliss-reactive ketones (excluding diaryl/α,β-unsaturated/α-hetero) is 1. The summed E-state index contributed by atoms with van der Waals surface area (Å²) in [5.41, 5.74) is 0.590. The normalized spacial score (nSPS) is 17.7. The van der Waals surface area contributed by atoms with Crippen molar-refractivity contribution in [3.63, 3.8) is 0 Å². The van der Waals surface area contributed by atoms with Crippen LogP contribution in [0.4, 0.5) is 35.3 Å². The molecule has 2 aromatic rings. The zero-order valence-electron chi connectivity index (χ0n) is 15.6. The van der Waals surface area contributed by atoms with E-state index in [1.54, 1.807) is 18.2 Å². The Morgan fingerprint density at radius 3 is 2.80 bits per heavy atom. The van der Waals surface area contributed by atoms with Crippen molar-refractivity contribution in [2.24, 2.45) is 0 Å². The van der Waals surface area contributed by atoms with Crippen molar-refractivity contribution in [1.82, 2.24) is 9.97 Å². The van der Waals surface area contributed by atoms with Crippen LogP contribution in [0.5, 0.6) is 0 Å². The molecule has 2 aliphatic rings. The SMILES string of the molecule is O=C(CCC(F)(F)F)c1ccc2c(n1)N(C(=O)Nc1cc(Br)ccn1)[C@H]1CCN2C1. The molecular weight excluding hydrogens is 467 g/mol. The van der Waals surface area contributed by atoms with E-state index >= 15 is 0 Å². The predicted molar refractivity (Wildman–Crippen MR) is 108 cm³/mol. The first-order valence-corrected chi connectivity index (χ1v) is 10.1. The van der Waals surface area contributed by atoms with Crippen LogP contribution in [0.1, 0.15) is 29.8 Å². The molecule has 2 aliphatic heterocycles. The molecule has 2 amide bonds. The number of anilines is 3. The highest BCUT2D eigenvalue weighted by Gasteiger charge is 2.40. The molecule has 2 bridgehead atoms. The highest BCUT2D eigenvalue weighted by Crippen LogP contribution is 2.39. The second kappa shape index (κ2) is 7.86. The molecule has 0 unspecified atom stereocenters. The van der Waals surface area contributed by atoms with Crippen LogP contribution in [0, 0.1) is 0 Å². The van der Waals surface area contributed by atoms with Crippen LogP contribution in [0.25, 0.3) is 0 Å². The minimum Gasteiger partial charge on any atom is -0.366 e. The van der Waals surface area contributed by atoms with Crippen molar-refractivity contribution in [3.05, 3.63) is 40.6 Å². The Hall–Kier alpha value is -2.69. The van der Waals surface area contributed by atoms with E-state index in [9.17, 15) is 22.8 Å². The number of alkyl halides is 3. The quantitative estimate of drug-likeness (QED) is 0.652. The van der Waals surface area contributed by atoms with Gasteiger partial charge in [-0.25, -0.2) is 14.8 Å². The third-order valence-electron chi connectivity index (χ3n) is 5.05. The summed E-state index contributed by atoms with van der Waals surface area (Å²) < 4.78 is 38.2. The highest BCUT2D eigenvalue weighted by atomic mass is 79.9.